The second-order valence-corrected chi connectivity index (χ2v) is 5.92. The SMILES string of the molecule is NS(=O)(=O)c1cc(F)c(-c2cccc(C(F)(F)F)c2)cc1F. The van der Waals surface area contributed by atoms with Crippen LogP contribution in [0, 0.1) is 11.6 Å². The smallest absolute Gasteiger partial charge is 0.225 e. The van der Waals surface area contributed by atoms with E-state index in [0.717, 1.165) is 18.2 Å². The van der Waals surface area contributed by atoms with Gasteiger partial charge in [0, 0.05) is 5.56 Å². The van der Waals surface area contributed by atoms with Crippen molar-refractivity contribution in [3.8, 4) is 11.1 Å². The number of sulfonamides is 1. The third kappa shape index (κ3) is 3.25. The highest BCUT2D eigenvalue weighted by atomic mass is 32.2. The molecule has 0 aliphatic heterocycles. The highest BCUT2D eigenvalue weighted by Gasteiger charge is 2.30. The minimum atomic E-state index is -4.65. The molecular formula is C13H8F5NO2S. The number of rotatable bonds is 2. The van der Waals surface area contributed by atoms with Gasteiger partial charge in [-0.1, -0.05) is 12.1 Å². The van der Waals surface area contributed by atoms with Gasteiger partial charge in [-0.25, -0.2) is 22.3 Å². The van der Waals surface area contributed by atoms with Crippen LogP contribution in [-0.4, -0.2) is 8.42 Å². The number of hydrogen-bond donors (Lipinski definition) is 1. The minimum absolute atomic E-state index is 0.243. The molecule has 0 saturated carbocycles. The predicted octanol–water partition coefficient (Wildman–Crippen LogP) is 3.30. The summed E-state index contributed by atoms with van der Waals surface area (Å²) in [7, 11) is -4.48. The molecule has 2 aromatic rings. The van der Waals surface area contributed by atoms with Crippen LogP contribution in [0.3, 0.4) is 0 Å². The number of alkyl halides is 3. The van der Waals surface area contributed by atoms with Crippen LogP contribution in [0.15, 0.2) is 41.3 Å². The Morgan fingerprint density at radius 3 is 2.14 bits per heavy atom. The Bertz CT molecular complexity index is 831. The molecule has 0 amide bonds. The molecule has 0 heterocycles. The van der Waals surface area contributed by atoms with Gasteiger partial charge in [-0.2, -0.15) is 13.2 Å². The first-order valence-corrected chi connectivity index (χ1v) is 7.24. The zero-order chi connectivity index (χ0) is 16.7. The lowest BCUT2D eigenvalue weighted by atomic mass is 10.0. The molecule has 9 heteroatoms. The van der Waals surface area contributed by atoms with Crippen molar-refractivity contribution in [3.05, 3.63) is 53.6 Å². The molecule has 0 saturated heterocycles. The number of primary sulfonamides is 1. The Kier molecular flexibility index (Phi) is 3.96. The molecule has 0 aromatic heterocycles. The summed E-state index contributed by atoms with van der Waals surface area (Å²) in [5.41, 5.74) is -1.79. The summed E-state index contributed by atoms with van der Waals surface area (Å²) in [6.07, 6.45) is -4.65. The molecule has 22 heavy (non-hydrogen) atoms. The maximum Gasteiger partial charge on any atom is 0.416 e. The number of hydrogen-bond acceptors (Lipinski definition) is 2. The molecule has 0 radical (unpaired) electrons. The van der Waals surface area contributed by atoms with Gasteiger partial charge in [0.25, 0.3) is 0 Å². The van der Waals surface area contributed by atoms with Gasteiger partial charge in [-0.05, 0) is 29.8 Å². The van der Waals surface area contributed by atoms with Crippen LogP contribution in [0.2, 0.25) is 0 Å². The molecule has 2 N–H and O–H groups in total. The molecule has 0 fully saturated rings. The van der Waals surface area contributed by atoms with Crippen LogP contribution in [0.1, 0.15) is 5.56 Å². The van der Waals surface area contributed by atoms with E-state index in [2.05, 4.69) is 0 Å². The second-order valence-electron chi connectivity index (χ2n) is 4.39. The Hall–Kier alpha value is -2.00. The summed E-state index contributed by atoms with van der Waals surface area (Å²) in [5.74, 6) is -2.55. The van der Waals surface area contributed by atoms with Crippen LogP contribution >= 0.6 is 0 Å². The van der Waals surface area contributed by atoms with E-state index in [0.29, 0.717) is 18.2 Å². The van der Waals surface area contributed by atoms with E-state index in [1.54, 1.807) is 0 Å². The lowest BCUT2D eigenvalue weighted by Gasteiger charge is -2.10. The van der Waals surface area contributed by atoms with Gasteiger partial charge in [0.1, 0.15) is 16.5 Å². The molecule has 3 nitrogen and oxygen atoms in total. The average molecular weight is 337 g/mol. The molecule has 0 atom stereocenters. The monoisotopic (exact) mass is 337 g/mol. The van der Waals surface area contributed by atoms with E-state index in [1.165, 1.54) is 0 Å². The lowest BCUT2D eigenvalue weighted by molar-refractivity contribution is -0.137. The molecule has 0 aliphatic rings. The van der Waals surface area contributed by atoms with Crippen molar-refractivity contribution < 1.29 is 30.4 Å². The van der Waals surface area contributed by atoms with Crippen LogP contribution in [0.4, 0.5) is 22.0 Å². The zero-order valence-corrected chi connectivity index (χ0v) is 11.5. The van der Waals surface area contributed by atoms with Crippen molar-refractivity contribution in [3.63, 3.8) is 0 Å². The number of nitrogens with two attached hydrogens (primary N) is 1. The quantitative estimate of drug-likeness (QED) is 0.855. The van der Waals surface area contributed by atoms with Crippen molar-refractivity contribution in [2.24, 2.45) is 5.14 Å². The fourth-order valence-electron chi connectivity index (χ4n) is 1.83. The van der Waals surface area contributed by atoms with Crippen LogP contribution in [0.5, 0.6) is 0 Å². The topological polar surface area (TPSA) is 60.2 Å². The molecule has 0 unspecified atom stereocenters. The zero-order valence-electron chi connectivity index (χ0n) is 10.7. The van der Waals surface area contributed by atoms with Crippen molar-refractivity contribution in [1.82, 2.24) is 0 Å². The highest BCUT2D eigenvalue weighted by Crippen LogP contribution is 2.33. The van der Waals surface area contributed by atoms with E-state index in [9.17, 15) is 30.4 Å². The van der Waals surface area contributed by atoms with Gasteiger partial charge in [-0.3, -0.25) is 0 Å². The van der Waals surface area contributed by atoms with Gasteiger partial charge >= 0.3 is 6.18 Å². The van der Waals surface area contributed by atoms with Gasteiger partial charge in [0.2, 0.25) is 10.0 Å². The Morgan fingerprint density at radius 2 is 1.59 bits per heavy atom. The molecular weight excluding hydrogens is 329 g/mol. The normalized spacial score (nSPS) is 12.5. The van der Waals surface area contributed by atoms with Gasteiger partial charge in [-0.15, -0.1) is 0 Å². The number of benzene rings is 2. The fraction of sp³-hybridized carbons (Fsp3) is 0.0769. The summed E-state index contributed by atoms with van der Waals surface area (Å²) in [6.45, 7) is 0. The first kappa shape index (κ1) is 16.4. The summed E-state index contributed by atoms with van der Waals surface area (Å²) < 4.78 is 87.6. The van der Waals surface area contributed by atoms with Crippen LogP contribution < -0.4 is 5.14 Å². The van der Waals surface area contributed by atoms with Crippen molar-refractivity contribution in [1.29, 1.82) is 0 Å². The summed E-state index contributed by atoms with van der Waals surface area (Å²) in [4.78, 5) is -1.07. The minimum Gasteiger partial charge on any atom is -0.225 e. The first-order valence-electron chi connectivity index (χ1n) is 5.69. The summed E-state index contributed by atoms with van der Waals surface area (Å²) in [6, 6.07) is 4.41. The molecule has 0 aliphatic carbocycles. The maximum atomic E-state index is 13.9. The fourth-order valence-corrected chi connectivity index (χ4v) is 2.43. The van der Waals surface area contributed by atoms with Crippen molar-refractivity contribution in [2.75, 3.05) is 0 Å². The molecule has 0 spiro atoms. The Balaban J connectivity index is 2.62. The van der Waals surface area contributed by atoms with E-state index < -0.39 is 43.9 Å². The van der Waals surface area contributed by atoms with Gasteiger partial charge in [0.15, 0.2) is 0 Å². The summed E-state index contributed by atoms with van der Waals surface area (Å²) >= 11 is 0. The van der Waals surface area contributed by atoms with Crippen LogP contribution in [-0.2, 0) is 16.2 Å². The molecule has 2 aromatic carbocycles. The second kappa shape index (κ2) is 5.33. The molecule has 2 rings (SSSR count). The largest absolute Gasteiger partial charge is 0.416 e. The third-order valence-electron chi connectivity index (χ3n) is 2.83. The van der Waals surface area contributed by atoms with E-state index in [-0.39, 0.29) is 5.56 Å². The highest BCUT2D eigenvalue weighted by molar-refractivity contribution is 7.89. The molecule has 0 bridgehead atoms. The Labute approximate surface area is 122 Å². The standard InChI is InChI=1S/C13H8F5NO2S/c14-10-6-12(22(19,20)21)11(15)5-9(10)7-2-1-3-8(4-7)13(16,17)18/h1-6H,(H2,19,20,21). The first-order chi connectivity index (χ1) is 10.00. The van der Waals surface area contributed by atoms with Crippen LogP contribution in [0.25, 0.3) is 11.1 Å². The predicted molar refractivity (Wildman–Crippen MR) is 68.2 cm³/mol. The van der Waals surface area contributed by atoms with E-state index in [4.69, 9.17) is 5.14 Å². The van der Waals surface area contributed by atoms with Crippen molar-refractivity contribution in [2.45, 2.75) is 11.1 Å². The average Bonchev–Trinajstić information content (AvgIpc) is 2.39. The van der Waals surface area contributed by atoms with Gasteiger partial charge in [0.05, 0.1) is 5.56 Å². The van der Waals surface area contributed by atoms with E-state index in [1.807, 2.05) is 0 Å². The van der Waals surface area contributed by atoms with E-state index >= 15 is 0 Å². The molecule has 118 valence electrons. The third-order valence-corrected chi connectivity index (χ3v) is 3.75. The maximum absolute atomic E-state index is 13.9. The Morgan fingerprint density at radius 1 is 0.955 bits per heavy atom. The van der Waals surface area contributed by atoms with Gasteiger partial charge < -0.3 is 0 Å². The summed E-state index contributed by atoms with van der Waals surface area (Å²) in [5, 5.41) is 4.71. The number of halogens is 5. The van der Waals surface area contributed by atoms with Crippen molar-refractivity contribution >= 4 is 10.0 Å². The lowest BCUT2D eigenvalue weighted by Crippen LogP contribution is -2.14.